The smallest absolute Gasteiger partial charge is 0.161 e. The van der Waals surface area contributed by atoms with Crippen LogP contribution in [0.1, 0.15) is 36.5 Å². The fraction of sp³-hybridized carbons (Fsp3) is 0.478. The minimum Gasteiger partial charge on any atom is -0.493 e. The van der Waals surface area contributed by atoms with Crippen LogP contribution in [0.4, 0.5) is 0 Å². The van der Waals surface area contributed by atoms with Gasteiger partial charge in [-0.2, -0.15) is 0 Å². The molecule has 3 rings (SSSR count). The summed E-state index contributed by atoms with van der Waals surface area (Å²) in [5, 5.41) is 3.60. The van der Waals surface area contributed by atoms with Gasteiger partial charge in [-0.15, -0.1) is 0 Å². The molecule has 0 bridgehead atoms. The van der Waals surface area contributed by atoms with Gasteiger partial charge in [0.15, 0.2) is 11.5 Å². The largest absolute Gasteiger partial charge is 0.493 e. The molecule has 4 nitrogen and oxygen atoms in total. The molecule has 146 valence electrons. The van der Waals surface area contributed by atoms with Crippen LogP contribution in [0.25, 0.3) is 0 Å². The monoisotopic (exact) mass is 368 g/mol. The second kappa shape index (κ2) is 9.77. The lowest BCUT2D eigenvalue weighted by molar-refractivity contribution is 0.260. The molecule has 0 unspecified atom stereocenters. The Kier molecular flexibility index (Phi) is 7.13. The zero-order valence-electron chi connectivity index (χ0n) is 16.8. The van der Waals surface area contributed by atoms with Crippen molar-refractivity contribution in [3.05, 3.63) is 59.2 Å². The van der Waals surface area contributed by atoms with Crippen LogP contribution in [0.15, 0.2) is 42.5 Å². The second-order valence-electron chi connectivity index (χ2n) is 7.32. The Balaban J connectivity index is 1.54. The molecule has 1 fully saturated rings. The summed E-state index contributed by atoms with van der Waals surface area (Å²) in [6.07, 6.45) is 2.62. The molecular weight excluding hydrogens is 336 g/mol. The van der Waals surface area contributed by atoms with Gasteiger partial charge < -0.3 is 14.8 Å². The van der Waals surface area contributed by atoms with E-state index in [4.69, 9.17) is 9.47 Å². The minimum absolute atomic E-state index is 0.546. The average molecular weight is 369 g/mol. The van der Waals surface area contributed by atoms with Crippen LogP contribution in [-0.2, 0) is 13.2 Å². The van der Waals surface area contributed by atoms with E-state index in [1.165, 1.54) is 36.1 Å². The van der Waals surface area contributed by atoms with Crippen molar-refractivity contribution in [3.63, 3.8) is 0 Å². The number of ether oxygens (including phenoxy) is 2. The third kappa shape index (κ3) is 5.47. The molecule has 4 heteroatoms. The van der Waals surface area contributed by atoms with Crippen molar-refractivity contribution < 1.29 is 9.47 Å². The molecule has 0 spiro atoms. The summed E-state index contributed by atoms with van der Waals surface area (Å²) in [6.45, 7) is 9.17. The molecule has 1 aliphatic heterocycles. The third-order valence-electron chi connectivity index (χ3n) is 5.32. The summed E-state index contributed by atoms with van der Waals surface area (Å²) in [6, 6.07) is 15.3. The standard InChI is InChI=1S/C23H32N2O2/c1-4-25-12-6-9-21(25)16-24-15-19-10-11-22(23(14-19)26-3)27-17-20-8-5-7-18(2)13-20/h5,7-8,10-11,13-14,21,24H,4,6,9,12,15-17H2,1-3H3/t21-/m0/s1. The van der Waals surface area contributed by atoms with Crippen molar-refractivity contribution in [1.82, 2.24) is 10.2 Å². The van der Waals surface area contributed by atoms with E-state index in [1.54, 1.807) is 7.11 Å². The Morgan fingerprint density at radius 1 is 1.11 bits per heavy atom. The van der Waals surface area contributed by atoms with Gasteiger partial charge in [-0.1, -0.05) is 42.8 Å². The maximum Gasteiger partial charge on any atom is 0.161 e. The van der Waals surface area contributed by atoms with Crippen LogP contribution < -0.4 is 14.8 Å². The van der Waals surface area contributed by atoms with E-state index in [0.717, 1.165) is 31.1 Å². The summed E-state index contributed by atoms with van der Waals surface area (Å²) < 4.78 is 11.5. The topological polar surface area (TPSA) is 33.7 Å². The summed E-state index contributed by atoms with van der Waals surface area (Å²) >= 11 is 0. The molecular formula is C23H32N2O2. The van der Waals surface area contributed by atoms with Crippen molar-refractivity contribution in [2.75, 3.05) is 26.7 Å². The summed E-state index contributed by atoms with van der Waals surface area (Å²) in [7, 11) is 1.70. The summed E-state index contributed by atoms with van der Waals surface area (Å²) in [4.78, 5) is 2.57. The molecule has 0 radical (unpaired) electrons. The van der Waals surface area contributed by atoms with E-state index in [2.05, 4.69) is 60.5 Å². The SMILES string of the molecule is CCN1CCC[C@H]1CNCc1ccc(OCc2cccc(C)c2)c(OC)c1. The maximum absolute atomic E-state index is 5.99. The fourth-order valence-electron chi connectivity index (χ4n) is 3.83. The number of benzene rings is 2. The van der Waals surface area contributed by atoms with E-state index in [-0.39, 0.29) is 0 Å². The number of likely N-dealkylation sites (tertiary alicyclic amines) is 1. The number of methoxy groups -OCH3 is 1. The van der Waals surface area contributed by atoms with Crippen molar-refractivity contribution in [3.8, 4) is 11.5 Å². The molecule has 0 aromatic heterocycles. The zero-order chi connectivity index (χ0) is 19.1. The Labute approximate surface area is 163 Å². The fourth-order valence-corrected chi connectivity index (χ4v) is 3.83. The number of aryl methyl sites for hydroxylation is 1. The molecule has 1 heterocycles. The van der Waals surface area contributed by atoms with Gasteiger partial charge in [-0.05, 0) is 56.1 Å². The lowest BCUT2D eigenvalue weighted by Crippen LogP contribution is -2.37. The molecule has 0 aliphatic carbocycles. The van der Waals surface area contributed by atoms with Gasteiger partial charge in [0.2, 0.25) is 0 Å². The molecule has 0 amide bonds. The number of rotatable bonds is 9. The van der Waals surface area contributed by atoms with Crippen LogP contribution in [0.3, 0.4) is 0 Å². The Hall–Kier alpha value is -2.04. The highest BCUT2D eigenvalue weighted by Gasteiger charge is 2.22. The normalized spacial score (nSPS) is 17.2. The van der Waals surface area contributed by atoms with Gasteiger partial charge in [0, 0.05) is 19.1 Å². The van der Waals surface area contributed by atoms with E-state index in [0.29, 0.717) is 12.6 Å². The quantitative estimate of drug-likeness (QED) is 0.721. The first kappa shape index (κ1) is 19.7. The van der Waals surface area contributed by atoms with E-state index in [9.17, 15) is 0 Å². The van der Waals surface area contributed by atoms with Crippen LogP contribution in [0, 0.1) is 6.92 Å². The zero-order valence-corrected chi connectivity index (χ0v) is 16.8. The minimum atomic E-state index is 0.546. The molecule has 27 heavy (non-hydrogen) atoms. The number of nitrogens with zero attached hydrogens (tertiary/aromatic N) is 1. The van der Waals surface area contributed by atoms with Gasteiger partial charge in [0.25, 0.3) is 0 Å². The van der Waals surface area contributed by atoms with E-state index in [1.807, 2.05) is 6.07 Å². The van der Waals surface area contributed by atoms with Crippen molar-refractivity contribution in [1.29, 1.82) is 0 Å². The van der Waals surface area contributed by atoms with Gasteiger partial charge in [0.05, 0.1) is 7.11 Å². The number of nitrogens with one attached hydrogen (secondary N) is 1. The summed E-state index contributed by atoms with van der Waals surface area (Å²) in [5.41, 5.74) is 3.63. The van der Waals surface area contributed by atoms with Gasteiger partial charge in [0.1, 0.15) is 6.61 Å². The third-order valence-corrected chi connectivity index (χ3v) is 5.32. The Morgan fingerprint density at radius 3 is 2.78 bits per heavy atom. The highest BCUT2D eigenvalue weighted by Crippen LogP contribution is 2.29. The van der Waals surface area contributed by atoms with Crippen LogP contribution in [0.2, 0.25) is 0 Å². The van der Waals surface area contributed by atoms with Crippen molar-refractivity contribution in [2.24, 2.45) is 0 Å². The van der Waals surface area contributed by atoms with Gasteiger partial charge in [-0.3, -0.25) is 4.90 Å². The highest BCUT2D eigenvalue weighted by molar-refractivity contribution is 5.43. The number of likely N-dealkylation sites (N-methyl/N-ethyl adjacent to an activating group) is 1. The lowest BCUT2D eigenvalue weighted by atomic mass is 10.1. The molecule has 1 atom stereocenters. The summed E-state index contributed by atoms with van der Waals surface area (Å²) in [5.74, 6) is 1.58. The predicted octanol–water partition coefficient (Wildman–Crippen LogP) is 4.16. The lowest BCUT2D eigenvalue weighted by Gasteiger charge is -2.23. The van der Waals surface area contributed by atoms with E-state index < -0.39 is 0 Å². The van der Waals surface area contributed by atoms with Crippen molar-refractivity contribution >= 4 is 0 Å². The second-order valence-corrected chi connectivity index (χ2v) is 7.32. The van der Waals surface area contributed by atoms with Crippen LogP contribution >= 0.6 is 0 Å². The van der Waals surface area contributed by atoms with Gasteiger partial charge in [-0.25, -0.2) is 0 Å². The number of hydrogen-bond donors (Lipinski definition) is 1. The molecule has 0 saturated carbocycles. The molecule has 2 aromatic rings. The molecule has 1 aliphatic rings. The predicted molar refractivity (Wildman–Crippen MR) is 110 cm³/mol. The first-order chi connectivity index (χ1) is 13.2. The van der Waals surface area contributed by atoms with Crippen LogP contribution in [0.5, 0.6) is 11.5 Å². The Bertz CT molecular complexity index is 732. The Morgan fingerprint density at radius 2 is 2.00 bits per heavy atom. The first-order valence-electron chi connectivity index (χ1n) is 9.99. The van der Waals surface area contributed by atoms with Gasteiger partial charge >= 0.3 is 0 Å². The highest BCUT2D eigenvalue weighted by atomic mass is 16.5. The van der Waals surface area contributed by atoms with Crippen LogP contribution in [-0.4, -0.2) is 37.7 Å². The van der Waals surface area contributed by atoms with E-state index >= 15 is 0 Å². The number of hydrogen-bond acceptors (Lipinski definition) is 4. The molecule has 1 N–H and O–H groups in total. The molecule has 1 saturated heterocycles. The van der Waals surface area contributed by atoms with Crippen molar-refractivity contribution in [2.45, 2.75) is 45.9 Å². The average Bonchev–Trinajstić information content (AvgIpc) is 3.14. The molecule has 2 aromatic carbocycles. The maximum atomic E-state index is 5.99. The first-order valence-corrected chi connectivity index (χ1v) is 9.99.